The Hall–Kier alpha value is -0.830. The van der Waals surface area contributed by atoms with Crippen molar-refractivity contribution < 1.29 is 0 Å². The fourth-order valence-corrected chi connectivity index (χ4v) is 1.44. The summed E-state index contributed by atoms with van der Waals surface area (Å²) in [6.45, 7) is 6.46. The number of rotatable bonds is 6. The fourth-order valence-electron chi connectivity index (χ4n) is 1.44. The summed E-state index contributed by atoms with van der Waals surface area (Å²) in [7, 11) is 0. The van der Waals surface area contributed by atoms with Gasteiger partial charge < -0.3 is 5.32 Å². The van der Waals surface area contributed by atoms with E-state index in [1.54, 1.807) is 0 Å². The molecule has 0 radical (unpaired) electrons. The third-order valence-corrected chi connectivity index (χ3v) is 2.14. The average molecular weight is 181 g/mol. The Bertz CT molecular complexity index is 206. The molecule has 0 amide bonds. The van der Waals surface area contributed by atoms with Gasteiger partial charge in [-0.1, -0.05) is 6.92 Å². The van der Waals surface area contributed by atoms with Crippen molar-refractivity contribution in [3.8, 4) is 0 Å². The molecule has 0 aliphatic carbocycles. The predicted molar refractivity (Wildman–Crippen MR) is 54.6 cm³/mol. The number of aryl methyl sites for hydroxylation is 1. The Labute approximate surface area is 80.1 Å². The molecule has 0 saturated carbocycles. The van der Waals surface area contributed by atoms with Crippen LogP contribution >= 0.6 is 0 Å². The normalized spacial score (nSPS) is 13.1. The summed E-state index contributed by atoms with van der Waals surface area (Å²) in [5.41, 5.74) is 0. The molecule has 0 aliphatic heterocycles. The van der Waals surface area contributed by atoms with Crippen molar-refractivity contribution in [2.24, 2.45) is 0 Å². The van der Waals surface area contributed by atoms with Crippen molar-refractivity contribution in [3.63, 3.8) is 0 Å². The van der Waals surface area contributed by atoms with Crippen LogP contribution in [0.25, 0.3) is 0 Å². The molecule has 1 aromatic rings. The van der Waals surface area contributed by atoms with Crippen LogP contribution < -0.4 is 5.32 Å². The van der Waals surface area contributed by atoms with Crippen molar-refractivity contribution >= 4 is 0 Å². The van der Waals surface area contributed by atoms with Crippen molar-refractivity contribution in [1.82, 2.24) is 15.1 Å². The van der Waals surface area contributed by atoms with E-state index in [1.165, 1.54) is 12.8 Å². The first-order chi connectivity index (χ1) is 6.33. The van der Waals surface area contributed by atoms with Crippen LogP contribution in [0, 0.1) is 0 Å². The van der Waals surface area contributed by atoms with Gasteiger partial charge in [0, 0.05) is 25.0 Å². The van der Waals surface area contributed by atoms with Crippen LogP contribution in [0.15, 0.2) is 18.5 Å². The lowest BCUT2D eigenvalue weighted by molar-refractivity contribution is 0.472. The highest BCUT2D eigenvalue weighted by Gasteiger charge is 1.98. The third kappa shape index (κ3) is 4.08. The van der Waals surface area contributed by atoms with Crippen molar-refractivity contribution in [1.29, 1.82) is 0 Å². The smallest absolute Gasteiger partial charge is 0.0489 e. The minimum Gasteiger partial charge on any atom is -0.315 e. The SMILES string of the molecule is CCNC(C)CCCn1cccn1. The molecule has 1 aromatic heterocycles. The van der Waals surface area contributed by atoms with E-state index in [2.05, 4.69) is 24.3 Å². The van der Waals surface area contributed by atoms with Gasteiger partial charge >= 0.3 is 0 Å². The molecule has 1 atom stereocenters. The molecule has 1 heterocycles. The summed E-state index contributed by atoms with van der Waals surface area (Å²) in [4.78, 5) is 0. The maximum atomic E-state index is 4.16. The van der Waals surface area contributed by atoms with Gasteiger partial charge in [0.2, 0.25) is 0 Å². The zero-order valence-electron chi connectivity index (χ0n) is 8.53. The highest BCUT2D eigenvalue weighted by atomic mass is 15.3. The van der Waals surface area contributed by atoms with Gasteiger partial charge in [-0.2, -0.15) is 5.10 Å². The van der Waals surface area contributed by atoms with Crippen molar-refractivity contribution in [2.75, 3.05) is 6.54 Å². The molecule has 1 N–H and O–H groups in total. The Kier molecular flexibility index (Phi) is 4.54. The molecule has 0 spiro atoms. The van der Waals surface area contributed by atoms with Gasteiger partial charge in [-0.05, 0) is 32.4 Å². The van der Waals surface area contributed by atoms with E-state index in [0.717, 1.165) is 13.1 Å². The molecule has 0 saturated heterocycles. The Morgan fingerprint density at radius 2 is 2.38 bits per heavy atom. The van der Waals surface area contributed by atoms with Crippen LogP contribution in [0.5, 0.6) is 0 Å². The molecule has 0 aromatic carbocycles. The van der Waals surface area contributed by atoms with E-state index in [0.29, 0.717) is 6.04 Å². The van der Waals surface area contributed by atoms with Crippen molar-refractivity contribution in [2.45, 2.75) is 39.3 Å². The highest BCUT2D eigenvalue weighted by molar-refractivity contribution is 4.77. The summed E-state index contributed by atoms with van der Waals surface area (Å²) in [5.74, 6) is 0. The molecule has 0 aliphatic rings. The second kappa shape index (κ2) is 5.75. The number of hydrogen-bond acceptors (Lipinski definition) is 2. The number of nitrogens with one attached hydrogen (secondary N) is 1. The number of aromatic nitrogens is 2. The van der Waals surface area contributed by atoms with Crippen LogP contribution in [0.2, 0.25) is 0 Å². The quantitative estimate of drug-likeness (QED) is 0.723. The fraction of sp³-hybridized carbons (Fsp3) is 0.700. The zero-order valence-corrected chi connectivity index (χ0v) is 8.53. The monoisotopic (exact) mass is 181 g/mol. The van der Waals surface area contributed by atoms with Gasteiger partial charge in [0.25, 0.3) is 0 Å². The van der Waals surface area contributed by atoms with E-state index in [9.17, 15) is 0 Å². The van der Waals surface area contributed by atoms with Crippen LogP contribution in [-0.4, -0.2) is 22.4 Å². The van der Waals surface area contributed by atoms with Gasteiger partial charge in [0.1, 0.15) is 0 Å². The molecule has 13 heavy (non-hydrogen) atoms. The maximum Gasteiger partial charge on any atom is 0.0489 e. The van der Waals surface area contributed by atoms with Crippen molar-refractivity contribution in [3.05, 3.63) is 18.5 Å². The van der Waals surface area contributed by atoms with E-state index in [-0.39, 0.29) is 0 Å². The van der Waals surface area contributed by atoms with Gasteiger partial charge in [0.05, 0.1) is 0 Å². The molecule has 74 valence electrons. The van der Waals surface area contributed by atoms with Gasteiger partial charge in [-0.3, -0.25) is 4.68 Å². The molecule has 1 rings (SSSR count). The zero-order chi connectivity index (χ0) is 9.52. The summed E-state index contributed by atoms with van der Waals surface area (Å²) in [6.07, 6.45) is 6.25. The third-order valence-electron chi connectivity index (χ3n) is 2.14. The molecule has 3 heteroatoms. The summed E-state index contributed by atoms with van der Waals surface area (Å²) in [6, 6.07) is 2.59. The first kappa shape index (κ1) is 10.3. The lowest BCUT2D eigenvalue weighted by atomic mass is 10.2. The first-order valence-electron chi connectivity index (χ1n) is 5.03. The first-order valence-corrected chi connectivity index (χ1v) is 5.03. The van der Waals surface area contributed by atoms with E-state index in [1.807, 2.05) is 23.1 Å². The lowest BCUT2D eigenvalue weighted by Gasteiger charge is -2.11. The van der Waals surface area contributed by atoms with Crippen LogP contribution in [0.1, 0.15) is 26.7 Å². The van der Waals surface area contributed by atoms with E-state index >= 15 is 0 Å². The number of hydrogen-bond donors (Lipinski definition) is 1. The van der Waals surface area contributed by atoms with Gasteiger partial charge in [-0.25, -0.2) is 0 Å². The lowest BCUT2D eigenvalue weighted by Crippen LogP contribution is -2.25. The summed E-state index contributed by atoms with van der Waals surface area (Å²) in [5, 5.41) is 7.55. The Balaban J connectivity index is 2.07. The molecule has 0 fully saturated rings. The molecule has 3 nitrogen and oxygen atoms in total. The van der Waals surface area contributed by atoms with E-state index < -0.39 is 0 Å². The molecule has 0 bridgehead atoms. The molecular formula is C10H19N3. The molecular weight excluding hydrogens is 162 g/mol. The van der Waals surface area contributed by atoms with E-state index in [4.69, 9.17) is 0 Å². The standard InChI is InChI=1S/C10H19N3/c1-3-11-10(2)6-4-8-13-9-5-7-12-13/h5,7,9-11H,3-4,6,8H2,1-2H3. The highest BCUT2D eigenvalue weighted by Crippen LogP contribution is 1.98. The second-order valence-electron chi connectivity index (χ2n) is 3.37. The van der Waals surface area contributed by atoms with Crippen LogP contribution in [0.4, 0.5) is 0 Å². The van der Waals surface area contributed by atoms with Crippen LogP contribution in [-0.2, 0) is 6.54 Å². The largest absolute Gasteiger partial charge is 0.315 e. The minimum absolute atomic E-state index is 0.626. The summed E-state index contributed by atoms with van der Waals surface area (Å²) >= 11 is 0. The number of nitrogens with zero attached hydrogens (tertiary/aromatic N) is 2. The maximum absolute atomic E-state index is 4.16. The summed E-state index contributed by atoms with van der Waals surface area (Å²) < 4.78 is 1.98. The van der Waals surface area contributed by atoms with Gasteiger partial charge in [0.15, 0.2) is 0 Å². The minimum atomic E-state index is 0.626. The topological polar surface area (TPSA) is 29.9 Å². The predicted octanol–water partition coefficient (Wildman–Crippen LogP) is 1.66. The Morgan fingerprint density at radius 1 is 1.54 bits per heavy atom. The average Bonchev–Trinajstić information content (AvgIpc) is 2.57. The van der Waals surface area contributed by atoms with Gasteiger partial charge in [-0.15, -0.1) is 0 Å². The molecule has 1 unspecified atom stereocenters. The van der Waals surface area contributed by atoms with Crippen LogP contribution in [0.3, 0.4) is 0 Å². The Morgan fingerprint density at radius 3 is 3.00 bits per heavy atom. The second-order valence-corrected chi connectivity index (χ2v) is 3.37.